The lowest BCUT2D eigenvalue weighted by Gasteiger charge is -2.23. The Hall–Kier alpha value is -4.42. The van der Waals surface area contributed by atoms with E-state index < -0.39 is 0 Å². The Balaban J connectivity index is 1.37. The van der Waals surface area contributed by atoms with Gasteiger partial charge in [0.1, 0.15) is 12.4 Å². The normalized spacial score (nSPS) is 10.9. The fourth-order valence-electron chi connectivity index (χ4n) is 4.93. The van der Waals surface area contributed by atoms with Gasteiger partial charge in [0.05, 0.1) is 19.8 Å². The van der Waals surface area contributed by atoms with E-state index in [9.17, 15) is 9.59 Å². The van der Waals surface area contributed by atoms with Crippen LogP contribution in [-0.2, 0) is 33.8 Å². The van der Waals surface area contributed by atoms with Gasteiger partial charge in [0.15, 0.2) is 0 Å². The molecule has 0 aliphatic rings. The van der Waals surface area contributed by atoms with E-state index in [4.69, 9.17) is 14.2 Å². The van der Waals surface area contributed by atoms with Crippen molar-refractivity contribution in [3.63, 3.8) is 0 Å². The molecule has 0 aliphatic carbocycles. The first-order valence-corrected chi connectivity index (χ1v) is 14.8. The van der Waals surface area contributed by atoms with Gasteiger partial charge in [0.25, 0.3) is 0 Å². The van der Waals surface area contributed by atoms with Gasteiger partial charge in [-0.25, -0.2) is 4.79 Å². The van der Waals surface area contributed by atoms with Crippen LogP contribution >= 0.6 is 0 Å². The molecule has 0 heterocycles. The molecule has 6 nitrogen and oxygen atoms in total. The molecular weight excluding hydrogens is 538 g/mol. The van der Waals surface area contributed by atoms with Crippen LogP contribution in [0.3, 0.4) is 0 Å². The highest BCUT2D eigenvalue weighted by molar-refractivity contribution is 5.89. The number of methoxy groups -OCH3 is 2. The third-order valence-corrected chi connectivity index (χ3v) is 7.52. The number of ether oxygens (including phenoxy) is 3. The fourth-order valence-corrected chi connectivity index (χ4v) is 4.93. The number of nitrogens with zero attached hydrogens (tertiary/aromatic N) is 1. The van der Waals surface area contributed by atoms with Gasteiger partial charge in [-0.15, -0.1) is 0 Å². The van der Waals surface area contributed by atoms with Crippen molar-refractivity contribution in [2.75, 3.05) is 27.3 Å². The fraction of sp³-hybridized carbons (Fsp3) is 0.297. The van der Waals surface area contributed by atoms with Crippen LogP contribution in [0, 0.1) is 6.92 Å². The van der Waals surface area contributed by atoms with Crippen LogP contribution in [0.15, 0.2) is 97.1 Å². The maximum atomic E-state index is 11.8. The molecule has 0 N–H and O–H groups in total. The molecule has 4 rings (SSSR count). The quantitative estimate of drug-likeness (QED) is 0.108. The number of aryl methyl sites for hydroxylation is 1. The molecule has 0 spiro atoms. The first-order valence-electron chi connectivity index (χ1n) is 14.8. The van der Waals surface area contributed by atoms with E-state index in [1.54, 1.807) is 12.1 Å². The first kappa shape index (κ1) is 31.5. The SMILES string of the molecule is COC(=O)CCCCN(CCc1ccccc1OCc1ccc(-c2ccc(C)cc2)cc1)Cc1ccc(C(=O)OC)cc1. The molecule has 0 amide bonds. The third kappa shape index (κ3) is 9.83. The molecular formula is C37H41NO5. The highest BCUT2D eigenvalue weighted by Crippen LogP contribution is 2.23. The highest BCUT2D eigenvalue weighted by Gasteiger charge is 2.12. The zero-order valence-electron chi connectivity index (χ0n) is 25.4. The van der Waals surface area contributed by atoms with Gasteiger partial charge in [0, 0.05) is 19.5 Å². The van der Waals surface area contributed by atoms with Crippen molar-refractivity contribution >= 4 is 11.9 Å². The molecule has 224 valence electrons. The maximum absolute atomic E-state index is 11.8. The van der Waals surface area contributed by atoms with Crippen molar-refractivity contribution in [2.24, 2.45) is 0 Å². The summed E-state index contributed by atoms with van der Waals surface area (Å²) in [6.07, 6.45) is 2.89. The smallest absolute Gasteiger partial charge is 0.337 e. The monoisotopic (exact) mass is 579 g/mol. The maximum Gasteiger partial charge on any atom is 0.337 e. The van der Waals surface area contributed by atoms with Crippen LogP contribution in [0.4, 0.5) is 0 Å². The summed E-state index contributed by atoms with van der Waals surface area (Å²) < 4.78 is 15.9. The van der Waals surface area contributed by atoms with Gasteiger partial charge < -0.3 is 14.2 Å². The zero-order chi connectivity index (χ0) is 30.4. The standard InChI is InChI=1S/C37H41NO5/c1-28-11-17-31(18-12-28)32-19-15-30(16-20-32)27-43-35-9-5-4-8-33(35)23-25-38(24-7-6-10-36(39)41-2)26-29-13-21-34(22-14-29)37(40)42-3/h4-5,8-9,11-22H,6-7,10,23-27H2,1-3H3. The molecule has 4 aromatic carbocycles. The Morgan fingerprint density at radius 1 is 0.698 bits per heavy atom. The zero-order valence-corrected chi connectivity index (χ0v) is 25.4. The molecule has 0 aromatic heterocycles. The minimum atomic E-state index is -0.343. The van der Waals surface area contributed by atoms with Gasteiger partial charge in [0.2, 0.25) is 0 Å². The second-order valence-corrected chi connectivity index (χ2v) is 10.7. The molecule has 6 heteroatoms. The average molecular weight is 580 g/mol. The minimum absolute atomic E-state index is 0.180. The van der Waals surface area contributed by atoms with Crippen LogP contribution in [0.1, 0.15) is 51.9 Å². The van der Waals surface area contributed by atoms with Crippen molar-refractivity contribution in [1.29, 1.82) is 0 Å². The van der Waals surface area contributed by atoms with E-state index in [1.165, 1.54) is 30.9 Å². The Morgan fingerprint density at radius 3 is 2.02 bits per heavy atom. The summed E-state index contributed by atoms with van der Waals surface area (Å²) in [4.78, 5) is 25.8. The molecule has 0 unspecified atom stereocenters. The summed E-state index contributed by atoms with van der Waals surface area (Å²) in [7, 11) is 2.81. The van der Waals surface area contributed by atoms with E-state index in [0.717, 1.165) is 61.3 Å². The summed E-state index contributed by atoms with van der Waals surface area (Å²) in [6, 6.07) is 32.8. The number of rotatable bonds is 15. The number of benzene rings is 4. The second kappa shape index (κ2) is 16.3. The van der Waals surface area contributed by atoms with Gasteiger partial charge in [-0.1, -0.05) is 84.4 Å². The van der Waals surface area contributed by atoms with Crippen LogP contribution in [-0.4, -0.2) is 44.1 Å². The number of carbonyl (C=O) groups excluding carboxylic acids is 2. The summed E-state index contributed by atoms with van der Waals surface area (Å²) in [5, 5.41) is 0. The number of para-hydroxylation sites is 1. The second-order valence-electron chi connectivity index (χ2n) is 10.7. The van der Waals surface area contributed by atoms with Gasteiger partial charge in [-0.3, -0.25) is 9.69 Å². The lowest BCUT2D eigenvalue weighted by Crippen LogP contribution is -2.27. The highest BCUT2D eigenvalue weighted by atomic mass is 16.5. The Kier molecular flexibility index (Phi) is 11.9. The van der Waals surface area contributed by atoms with Crippen LogP contribution in [0.2, 0.25) is 0 Å². The van der Waals surface area contributed by atoms with E-state index in [-0.39, 0.29) is 11.9 Å². The Morgan fingerprint density at radius 2 is 1.35 bits per heavy atom. The van der Waals surface area contributed by atoms with Gasteiger partial charge in [-0.05, 0) is 78.7 Å². The van der Waals surface area contributed by atoms with E-state index in [0.29, 0.717) is 18.6 Å². The van der Waals surface area contributed by atoms with E-state index in [1.807, 2.05) is 30.3 Å². The lowest BCUT2D eigenvalue weighted by atomic mass is 10.0. The number of unbranched alkanes of at least 4 members (excludes halogenated alkanes) is 1. The number of hydrogen-bond donors (Lipinski definition) is 0. The van der Waals surface area contributed by atoms with Gasteiger partial charge >= 0.3 is 11.9 Å². The summed E-state index contributed by atoms with van der Waals surface area (Å²) >= 11 is 0. The molecule has 0 saturated carbocycles. The van der Waals surface area contributed by atoms with Crippen molar-refractivity contribution in [3.05, 3.63) is 125 Å². The molecule has 0 fully saturated rings. The predicted molar refractivity (Wildman–Crippen MR) is 170 cm³/mol. The van der Waals surface area contributed by atoms with Crippen molar-refractivity contribution in [2.45, 2.75) is 45.8 Å². The largest absolute Gasteiger partial charge is 0.489 e. The average Bonchev–Trinajstić information content (AvgIpc) is 3.05. The van der Waals surface area contributed by atoms with Gasteiger partial charge in [-0.2, -0.15) is 0 Å². The summed E-state index contributed by atoms with van der Waals surface area (Å²) in [6.45, 7) is 4.99. The Labute approximate surface area is 255 Å². The molecule has 43 heavy (non-hydrogen) atoms. The Bertz CT molecular complexity index is 1450. The predicted octanol–water partition coefficient (Wildman–Crippen LogP) is 7.42. The van der Waals surface area contributed by atoms with Crippen molar-refractivity contribution in [1.82, 2.24) is 4.90 Å². The number of carbonyl (C=O) groups is 2. The van der Waals surface area contributed by atoms with Crippen LogP contribution in [0.5, 0.6) is 5.75 Å². The van der Waals surface area contributed by atoms with E-state index >= 15 is 0 Å². The lowest BCUT2D eigenvalue weighted by molar-refractivity contribution is -0.140. The van der Waals surface area contributed by atoms with Crippen LogP contribution < -0.4 is 4.74 Å². The van der Waals surface area contributed by atoms with E-state index in [2.05, 4.69) is 66.4 Å². The van der Waals surface area contributed by atoms with Crippen molar-refractivity contribution < 1.29 is 23.8 Å². The first-order chi connectivity index (χ1) is 20.9. The molecule has 0 bridgehead atoms. The molecule has 0 radical (unpaired) electrons. The summed E-state index contributed by atoms with van der Waals surface area (Å²) in [5.41, 5.74) is 7.57. The number of hydrogen-bond acceptors (Lipinski definition) is 6. The topological polar surface area (TPSA) is 65.1 Å². The molecule has 0 saturated heterocycles. The summed E-state index contributed by atoms with van der Waals surface area (Å²) in [5.74, 6) is 0.365. The molecule has 4 aromatic rings. The number of esters is 2. The molecule has 0 aliphatic heterocycles. The molecule has 0 atom stereocenters. The van der Waals surface area contributed by atoms with Crippen molar-refractivity contribution in [3.8, 4) is 16.9 Å². The van der Waals surface area contributed by atoms with Crippen LogP contribution in [0.25, 0.3) is 11.1 Å². The minimum Gasteiger partial charge on any atom is -0.489 e. The third-order valence-electron chi connectivity index (χ3n) is 7.52.